The number of halogens is 2. The van der Waals surface area contributed by atoms with E-state index in [1.165, 1.54) is 19.1 Å². The first-order valence-electron chi connectivity index (χ1n) is 4.88. The van der Waals surface area contributed by atoms with Crippen molar-refractivity contribution in [2.45, 2.75) is 13.3 Å². The molecule has 0 saturated carbocycles. The Balaban J connectivity index is 2.59. The van der Waals surface area contributed by atoms with Crippen LogP contribution in [0, 0.1) is 0 Å². The molecule has 0 spiro atoms. The van der Waals surface area contributed by atoms with Crippen LogP contribution in [0.3, 0.4) is 0 Å². The summed E-state index contributed by atoms with van der Waals surface area (Å²) in [5.41, 5.74) is 0.699. The molecule has 1 rings (SSSR count). The molecule has 16 heavy (non-hydrogen) atoms. The monoisotopic (exact) mass is 225 g/mol. The highest BCUT2D eigenvalue weighted by Crippen LogP contribution is 2.19. The van der Waals surface area contributed by atoms with E-state index in [0.29, 0.717) is 12.1 Å². The van der Waals surface area contributed by atoms with E-state index in [-0.39, 0.29) is 11.5 Å². The van der Waals surface area contributed by atoms with Crippen molar-refractivity contribution < 1.29 is 13.6 Å². The highest BCUT2D eigenvalue weighted by atomic mass is 19.3. The van der Waals surface area contributed by atoms with Crippen LogP contribution in [-0.4, -0.2) is 12.5 Å². The summed E-state index contributed by atoms with van der Waals surface area (Å²) in [7, 11) is 0. The molecule has 1 N–H and O–H groups in total. The molecule has 1 aromatic rings. The maximum atomic E-state index is 12.4. The van der Waals surface area contributed by atoms with Crippen molar-refractivity contribution in [3.8, 4) is 0 Å². The number of rotatable bonds is 4. The maximum Gasteiger partial charge on any atom is 0.263 e. The van der Waals surface area contributed by atoms with Gasteiger partial charge in [0, 0.05) is 19.0 Å². The molecular formula is C12H13F2NO. The summed E-state index contributed by atoms with van der Waals surface area (Å²) in [5.74, 6) is -0.119. The quantitative estimate of drug-likeness (QED) is 0.838. The molecule has 1 amide bonds. The van der Waals surface area contributed by atoms with Crippen LogP contribution in [0.25, 0.3) is 6.08 Å². The lowest BCUT2D eigenvalue weighted by atomic mass is 10.1. The Kier molecular flexibility index (Phi) is 4.64. The van der Waals surface area contributed by atoms with Crippen molar-refractivity contribution in [3.63, 3.8) is 0 Å². The third-order valence-corrected chi connectivity index (χ3v) is 1.94. The number of benzene rings is 1. The van der Waals surface area contributed by atoms with Gasteiger partial charge in [0.05, 0.1) is 0 Å². The summed E-state index contributed by atoms with van der Waals surface area (Å²) < 4.78 is 24.7. The highest BCUT2D eigenvalue weighted by Gasteiger charge is 2.05. The first kappa shape index (κ1) is 12.4. The van der Waals surface area contributed by atoms with Gasteiger partial charge in [0.2, 0.25) is 5.91 Å². The van der Waals surface area contributed by atoms with Crippen LogP contribution in [0.1, 0.15) is 24.5 Å². The standard InChI is InChI=1S/C12H13F2NO/c1-9(16)15-7-3-5-10-4-2-6-11(8-10)12(13)14/h2-6,8,12H,7H2,1H3,(H,15,16). The van der Waals surface area contributed by atoms with Gasteiger partial charge in [0.25, 0.3) is 6.43 Å². The molecule has 0 aliphatic rings. The first-order valence-corrected chi connectivity index (χ1v) is 4.88. The average Bonchev–Trinajstić information content (AvgIpc) is 2.24. The molecular weight excluding hydrogens is 212 g/mol. The van der Waals surface area contributed by atoms with Gasteiger partial charge in [0.15, 0.2) is 0 Å². The Bertz CT molecular complexity index is 388. The number of alkyl halides is 2. The fraction of sp³-hybridized carbons (Fsp3) is 0.250. The van der Waals surface area contributed by atoms with Gasteiger partial charge in [0.1, 0.15) is 0 Å². The molecule has 2 nitrogen and oxygen atoms in total. The zero-order valence-corrected chi connectivity index (χ0v) is 8.91. The molecule has 0 fully saturated rings. The molecule has 0 radical (unpaired) electrons. The van der Waals surface area contributed by atoms with Gasteiger partial charge in [-0.3, -0.25) is 4.79 Å². The molecule has 0 saturated heterocycles. The third-order valence-electron chi connectivity index (χ3n) is 1.94. The van der Waals surface area contributed by atoms with Gasteiger partial charge < -0.3 is 5.32 Å². The molecule has 0 unspecified atom stereocenters. The zero-order valence-electron chi connectivity index (χ0n) is 8.91. The predicted octanol–water partition coefficient (Wildman–Crippen LogP) is 2.77. The van der Waals surface area contributed by atoms with Crippen LogP contribution in [0.5, 0.6) is 0 Å². The molecule has 0 atom stereocenters. The Morgan fingerprint density at radius 3 is 2.88 bits per heavy atom. The van der Waals surface area contributed by atoms with Crippen LogP contribution >= 0.6 is 0 Å². The fourth-order valence-corrected chi connectivity index (χ4v) is 1.20. The summed E-state index contributed by atoms with van der Waals surface area (Å²) in [4.78, 5) is 10.6. The maximum absolute atomic E-state index is 12.4. The van der Waals surface area contributed by atoms with E-state index in [0.717, 1.165) is 0 Å². The molecule has 0 aliphatic heterocycles. The minimum Gasteiger partial charge on any atom is -0.353 e. The largest absolute Gasteiger partial charge is 0.353 e. The fourth-order valence-electron chi connectivity index (χ4n) is 1.20. The Hall–Kier alpha value is -1.71. The lowest BCUT2D eigenvalue weighted by molar-refractivity contribution is -0.118. The first-order chi connectivity index (χ1) is 7.59. The van der Waals surface area contributed by atoms with Gasteiger partial charge >= 0.3 is 0 Å². The highest BCUT2D eigenvalue weighted by molar-refractivity contribution is 5.73. The predicted molar refractivity (Wildman–Crippen MR) is 59.1 cm³/mol. The lowest BCUT2D eigenvalue weighted by Crippen LogP contribution is -2.19. The number of amides is 1. The smallest absolute Gasteiger partial charge is 0.263 e. The molecule has 0 bridgehead atoms. The van der Waals surface area contributed by atoms with Crippen LogP contribution in [0.15, 0.2) is 30.3 Å². The van der Waals surface area contributed by atoms with E-state index in [1.807, 2.05) is 0 Å². The minimum atomic E-state index is -2.45. The van der Waals surface area contributed by atoms with E-state index < -0.39 is 6.43 Å². The second-order valence-corrected chi connectivity index (χ2v) is 3.31. The van der Waals surface area contributed by atoms with Crippen molar-refractivity contribution >= 4 is 12.0 Å². The summed E-state index contributed by atoms with van der Waals surface area (Å²) in [6.45, 7) is 1.82. The van der Waals surface area contributed by atoms with Crippen molar-refractivity contribution in [1.82, 2.24) is 5.32 Å². The molecule has 1 aromatic carbocycles. The van der Waals surface area contributed by atoms with Crippen molar-refractivity contribution in [3.05, 3.63) is 41.5 Å². The molecule has 4 heteroatoms. The van der Waals surface area contributed by atoms with Gasteiger partial charge in [-0.2, -0.15) is 0 Å². The van der Waals surface area contributed by atoms with Gasteiger partial charge in [-0.15, -0.1) is 0 Å². The van der Waals surface area contributed by atoms with Crippen molar-refractivity contribution in [1.29, 1.82) is 0 Å². The third kappa shape index (κ3) is 4.21. The zero-order chi connectivity index (χ0) is 12.0. The van der Waals surface area contributed by atoms with E-state index in [4.69, 9.17) is 0 Å². The lowest BCUT2D eigenvalue weighted by Gasteiger charge is -2.00. The number of hydrogen-bond acceptors (Lipinski definition) is 1. The summed E-state index contributed by atoms with van der Waals surface area (Å²) >= 11 is 0. The minimum absolute atomic E-state index is 0.00155. The van der Waals surface area contributed by atoms with Crippen LogP contribution in [0.4, 0.5) is 8.78 Å². The number of carbonyl (C=O) groups is 1. The molecule has 0 heterocycles. The molecule has 86 valence electrons. The SMILES string of the molecule is CC(=O)NCC=Cc1cccc(C(F)F)c1. The Morgan fingerprint density at radius 2 is 2.25 bits per heavy atom. The average molecular weight is 225 g/mol. The number of hydrogen-bond donors (Lipinski definition) is 1. The second-order valence-electron chi connectivity index (χ2n) is 3.31. The van der Waals surface area contributed by atoms with Gasteiger partial charge in [-0.1, -0.05) is 30.4 Å². The van der Waals surface area contributed by atoms with Crippen molar-refractivity contribution in [2.75, 3.05) is 6.54 Å². The van der Waals surface area contributed by atoms with Gasteiger partial charge in [-0.25, -0.2) is 8.78 Å². The summed E-state index contributed by atoms with van der Waals surface area (Å²) in [6.07, 6.45) is 0.956. The van der Waals surface area contributed by atoms with Crippen LogP contribution in [-0.2, 0) is 4.79 Å². The normalized spacial score (nSPS) is 11.0. The molecule has 0 aromatic heterocycles. The van der Waals surface area contributed by atoms with E-state index >= 15 is 0 Å². The Morgan fingerprint density at radius 1 is 1.50 bits per heavy atom. The summed E-state index contributed by atoms with van der Waals surface area (Å²) in [5, 5.41) is 2.58. The Labute approximate surface area is 93.0 Å². The second kappa shape index (κ2) is 6.00. The van der Waals surface area contributed by atoms with Crippen LogP contribution < -0.4 is 5.32 Å². The van der Waals surface area contributed by atoms with E-state index in [9.17, 15) is 13.6 Å². The van der Waals surface area contributed by atoms with Gasteiger partial charge in [-0.05, 0) is 11.6 Å². The number of carbonyl (C=O) groups excluding carboxylic acids is 1. The van der Waals surface area contributed by atoms with E-state index in [1.54, 1.807) is 24.3 Å². The van der Waals surface area contributed by atoms with Crippen molar-refractivity contribution in [2.24, 2.45) is 0 Å². The topological polar surface area (TPSA) is 29.1 Å². The summed E-state index contributed by atoms with van der Waals surface area (Å²) in [6, 6.07) is 6.13. The van der Waals surface area contributed by atoms with Crippen LogP contribution in [0.2, 0.25) is 0 Å². The molecule has 0 aliphatic carbocycles. The van der Waals surface area contributed by atoms with E-state index in [2.05, 4.69) is 5.32 Å². The number of nitrogens with one attached hydrogen (secondary N) is 1.